The first kappa shape index (κ1) is 12.1. The molecule has 4 heteroatoms. The molecule has 2 nitrogen and oxygen atoms in total. The van der Waals surface area contributed by atoms with Crippen molar-refractivity contribution in [2.75, 3.05) is 6.61 Å². The Bertz CT molecular complexity index is 386. The molecule has 1 aromatic carbocycles. The third-order valence-corrected chi connectivity index (χ3v) is 2.24. The number of carbonyl (C=O) groups excluding carboxylic acids is 1. The van der Waals surface area contributed by atoms with E-state index < -0.39 is 0 Å². The van der Waals surface area contributed by atoms with Crippen LogP contribution in [0.15, 0.2) is 30.5 Å². The Morgan fingerprint density at radius 1 is 1.47 bits per heavy atom. The number of hydrogen-bond acceptors (Lipinski definition) is 2. The Labute approximate surface area is 98.4 Å². The molecule has 0 amide bonds. The minimum absolute atomic E-state index is 0.226. The van der Waals surface area contributed by atoms with Gasteiger partial charge >= 0.3 is 0 Å². The van der Waals surface area contributed by atoms with Crippen molar-refractivity contribution < 1.29 is 9.53 Å². The standard InChI is InChI=1S/C11H10Cl2O2/c1-2-15-6-5-11(14)9-7-8(12)3-4-10(9)13/h3-7H,2H2,1H3. The van der Waals surface area contributed by atoms with Gasteiger partial charge in [0.1, 0.15) is 0 Å². The molecular formula is C11H10Cl2O2. The summed E-state index contributed by atoms with van der Waals surface area (Å²) in [5.41, 5.74) is 0.375. The number of rotatable bonds is 4. The summed E-state index contributed by atoms with van der Waals surface area (Å²) in [5.74, 6) is -0.226. The Morgan fingerprint density at radius 2 is 2.20 bits per heavy atom. The monoisotopic (exact) mass is 244 g/mol. The van der Waals surface area contributed by atoms with Gasteiger partial charge in [-0.15, -0.1) is 0 Å². The minimum atomic E-state index is -0.226. The maximum atomic E-state index is 11.6. The van der Waals surface area contributed by atoms with Gasteiger partial charge in [0.15, 0.2) is 5.78 Å². The van der Waals surface area contributed by atoms with Gasteiger partial charge < -0.3 is 4.74 Å². The quantitative estimate of drug-likeness (QED) is 0.459. The van der Waals surface area contributed by atoms with E-state index in [1.54, 1.807) is 12.1 Å². The molecule has 0 unspecified atom stereocenters. The van der Waals surface area contributed by atoms with Crippen LogP contribution in [-0.2, 0) is 4.74 Å². The van der Waals surface area contributed by atoms with Gasteiger partial charge in [0.25, 0.3) is 0 Å². The van der Waals surface area contributed by atoms with Crippen LogP contribution >= 0.6 is 23.2 Å². The number of benzene rings is 1. The summed E-state index contributed by atoms with van der Waals surface area (Å²) >= 11 is 11.6. The first-order valence-corrected chi connectivity index (χ1v) is 5.18. The molecule has 0 radical (unpaired) electrons. The zero-order valence-electron chi connectivity index (χ0n) is 8.17. The van der Waals surface area contributed by atoms with Gasteiger partial charge in [0.05, 0.1) is 17.9 Å². The average molecular weight is 245 g/mol. The fraction of sp³-hybridized carbons (Fsp3) is 0.182. The van der Waals surface area contributed by atoms with E-state index in [9.17, 15) is 4.79 Å². The van der Waals surface area contributed by atoms with Crippen molar-refractivity contribution >= 4 is 29.0 Å². The largest absolute Gasteiger partial charge is 0.501 e. The van der Waals surface area contributed by atoms with Crippen molar-refractivity contribution in [3.05, 3.63) is 46.1 Å². The smallest absolute Gasteiger partial charge is 0.190 e. The molecule has 0 aromatic heterocycles. The predicted octanol–water partition coefficient (Wildman–Crippen LogP) is 3.73. The lowest BCUT2D eigenvalue weighted by Gasteiger charge is -2.00. The van der Waals surface area contributed by atoms with E-state index in [1.165, 1.54) is 18.4 Å². The van der Waals surface area contributed by atoms with Crippen LogP contribution in [-0.4, -0.2) is 12.4 Å². The number of halogens is 2. The van der Waals surface area contributed by atoms with Crippen LogP contribution in [0.5, 0.6) is 0 Å². The number of ketones is 1. The van der Waals surface area contributed by atoms with E-state index in [-0.39, 0.29) is 5.78 Å². The number of ether oxygens (including phenoxy) is 1. The lowest BCUT2D eigenvalue weighted by atomic mass is 10.1. The zero-order chi connectivity index (χ0) is 11.3. The maximum Gasteiger partial charge on any atom is 0.190 e. The van der Waals surface area contributed by atoms with Crippen LogP contribution in [0.4, 0.5) is 0 Å². The molecule has 0 N–H and O–H groups in total. The molecule has 0 aliphatic carbocycles. The predicted molar refractivity (Wildman–Crippen MR) is 61.6 cm³/mol. The lowest BCUT2D eigenvalue weighted by molar-refractivity contribution is 0.104. The van der Waals surface area contributed by atoms with Gasteiger partial charge in [-0.05, 0) is 25.1 Å². The Kier molecular flexibility index (Phi) is 4.66. The fourth-order valence-electron chi connectivity index (χ4n) is 0.982. The Balaban J connectivity index is 2.86. The van der Waals surface area contributed by atoms with Crippen LogP contribution in [0, 0.1) is 0 Å². The molecule has 0 atom stereocenters. The van der Waals surface area contributed by atoms with Gasteiger partial charge in [-0.2, -0.15) is 0 Å². The zero-order valence-corrected chi connectivity index (χ0v) is 9.68. The van der Waals surface area contributed by atoms with Crippen molar-refractivity contribution in [1.29, 1.82) is 0 Å². The van der Waals surface area contributed by atoms with Crippen LogP contribution in [0.25, 0.3) is 0 Å². The topological polar surface area (TPSA) is 26.3 Å². The molecule has 1 rings (SSSR count). The van der Waals surface area contributed by atoms with Crippen molar-refractivity contribution in [2.24, 2.45) is 0 Å². The molecule has 1 aromatic rings. The minimum Gasteiger partial charge on any atom is -0.501 e. The second kappa shape index (κ2) is 5.79. The molecule has 0 saturated heterocycles. The summed E-state index contributed by atoms with van der Waals surface area (Å²) in [6.07, 6.45) is 2.67. The van der Waals surface area contributed by atoms with Crippen molar-refractivity contribution in [2.45, 2.75) is 6.92 Å². The molecule has 0 aliphatic heterocycles. The molecule has 0 heterocycles. The van der Waals surface area contributed by atoms with E-state index >= 15 is 0 Å². The van der Waals surface area contributed by atoms with Crippen molar-refractivity contribution in [3.63, 3.8) is 0 Å². The van der Waals surface area contributed by atoms with E-state index in [4.69, 9.17) is 27.9 Å². The molecule has 80 valence electrons. The summed E-state index contributed by atoms with van der Waals surface area (Å²) in [7, 11) is 0. The molecule has 0 aliphatic rings. The summed E-state index contributed by atoms with van der Waals surface area (Å²) in [5, 5.41) is 0.859. The highest BCUT2D eigenvalue weighted by Gasteiger charge is 2.07. The van der Waals surface area contributed by atoms with Crippen LogP contribution < -0.4 is 0 Å². The number of carbonyl (C=O) groups is 1. The Morgan fingerprint density at radius 3 is 2.87 bits per heavy atom. The van der Waals surface area contributed by atoms with E-state index in [0.29, 0.717) is 22.2 Å². The summed E-state index contributed by atoms with van der Waals surface area (Å²) in [6.45, 7) is 2.36. The van der Waals surface area contributed by atoms with Gasteiger partial charge in [-0.25, -0.2) is 0 Å². The second-order valence-corrected chi connectivity index (χ2v) is 3.59. The van der Waals surface area contributed by atoms with Gasteiger partial charge in [-0.1, -0.05) is 23.2 Å². The van der Waals surface area contributed by atoms with E-state index in [0.717, 1.165) is 0 Å². The van der Waals surface area contributed by atoms with E-state index in [2.05, 4.69) is 0 Å². The molecule has 0 saturated carbocycles. The van der Waals surface area contributed by atoms with Crippen LogP contribution in [0.2, 0.25) is 10.0 Å². The normalized spacial score (nSPS) is 10.6. The molecular weight excluding hydrogens is 235 g/mol. The maximum absolute atomic E-state index is 11.6. The van der Waals surface area contributed by atoms with Crippen LogP contribution in [0.1, 0.15) is 17.3 Å². The van der Waals surface area contributed by atoms with Crippen molar-refractivity contribution in [3.8, 4) is 0 Å². The molecule has 0 fully saturated rings. The van der Waals surface area contributed by atoms with Gasteiger partial charge in [0.2, 0.25) is 0 Å². The van der Waals surface area contributed by atoms with Gasteiger partial charge in [0, 0.05) is 16.7 Å². The molecule has 0 spiro atoms. The third-order valence-electron chi connectivity index (χ3n) is 1.68. The number of hydrogen-bond donors (Lipinski definition) is 0. The van der Waals surface area contributed by atoms with Gasteiger partial charge in [-0.3, -0.25) is 4.79 Å². The average Bonchev–Trinajstić information content (AvgIpc) is 2.22. The highest BCUT2D eigenvalue weighted by molar-refractivity contribution is 6.36. The highest BCUT2D eigenvalue weighted by Crippen LogP contribution is 2.21. The van der Waals surface area contributed by atoms with E-state index in [1.807, 2.05) is 6.92 Å². The third kappa shape index (κ3) is 3.57. The summed E-state index contributed by atoms with van der Waals surface area (Å²) in [6, 6.07) is 4.75. The fourth-order valence-corrected chi connectivity index (χ4v) is 1.37. The first-order chi connectivity index (χ1) is 7.15. The molecule has 0 bridgehead atoms. The highest BCUT2D eigenvalue weighted by atomic mass is 35.5. The summed E-state index contributed by atoms with van der Waals surface area (Å²) in [4.78, 5) is 11.6. The number of allylic oxidation sites excluding steroid dienone is 1. The van der Waals surface area contributed by atoms with Crippen LogP contribution in [0.3, 0.4) is 0 Å². The molecule has 15 heavy (non-hydrogen) atoms. The van der Waals surface area contributed by atoms with Crippen molar-refractivity contribution in [1.82, 2.24) is 0 Å². The lowest BCUT2D eigenvalue weighted by Crippen LogP contribution is -1.96. The summed E-state index contributed by atoms with van der Waals surface area (Å²) < 4.78 is 4.92. The first-order valence-electron chi connectivity index (χ1n) is 4.42. The SMILES string of the molecule is CCOC=CC(=O)c1cc(Cl)ccc1Cl. The Hall–Kier alpha value is -0.990. The second-order valence-electron chi connectivity index (χ2n) is 2.75.